The van der Waals surface area contributed by atoms with Crippen molar-refractivity contribution in [2.75, 3.05) is 6.54 Å². The zero-order valence-corrected chi connectivity index (χ0v) is 9.89. The van der Waals surface area contributed by atoms with E-state index in [0.29, 0.717) is 5.58 Å². The number of fused-ring (bicyclic) bond motifs is 1. The summed E-state index contributed by atoms with van der Waals surface area (Å²) in [7, 11) is 0. The average molecular weight is 235 g/mol. The zero-order chi connectivity index (χ0) is 11.2. The van der Waals surface area contributed by atoms with Crippen LogP contribution in [0.3, 0.4) is 0 Å². The van der Waals surface area contributed by atoms with Gasteiger partial charge in [-0.3, -0.25) is 0 Å². The van der Waals surface area contributed by atoms with Crippen molar-refractivity contribution in [3.05, 3.63) is 33.5 Å². The molecule has 1 atom stereocenters. The molecule has 0 amide bonds. The highest BCUT2D eigenvalue weighted by Crippen LogP contribution is 2.32. The van der Waals surface area contributed by atoms with Gasteiger partial charge in [0.2, 0.25) is 0 Å². The molecule has 1 unspecified atom stereocenters. The lowest BCUT2D eigenvalue weighted by molar-refractivity contribution is 0.434. The van der Waals surface area contributed by atoms with E-state index in [1.807, 2.05) is 12.1 Å². The van der Waals surface area contributed by atoms with Crippen molar-refractivity contribution in [3.63, 3.8) is 0 Å². The second kappa shape index (κ2) is 3.43. The predicted octanol–water partition coefficient (Wildman–Crippen LogP) is 2.45. The maximum atomic E-state index is 11.1. The van der Waals surface area contributed by atoms with Crippen LogP contribution in [-0.4, -0.2) is 6.54 Å². The summed E-state index contributed by atoms with van der Waals surface area (Å²) >= 11 is 1.16. The highest BCUT2D eigenvalue weighted by molar-refractivity contribution is 7.16. The molecule has 1 aromatic carbocycles. The van der Waals surface area contributed by atoms with Crippen molar-refractivity contribution in [3.8, 4) is 0 Å². The highest BCUT2D eigenvalue weighted by atomic mass is 32.1. The molecule has 0 radical (unpaired) electrons. The van der Waals surface area contributed by atoms with Crippen molar-refractivity contribution in [2.24, 2.45) is 0 Å². The first kappa shape index (κ1) is 10.1. The van der Waals surface area contributed by atoms with Crippen LogP contribution in [0.5, 0.6) is 0 Å². The van der Waals surface area contributed by atoms with Crippen LogP contribution in [0.2, 0.25) is 0 Å². The minimum atomic E-state index is -0.225. The number of hydrogen-bond donors (Lipinski definition) is 1. The van der Waals surface area contributed by atoms with Crippen LogP contribution in [0.1, 0.15) is 25.3 Å². The average Bonchev–Trinajstić information content (AvgIpc) is 2.82. The molecule has 0 saturated carbocycles. The van der Waals surface area contributed by atoms with Gasteiger partial charge in [0.1, 0.15) is 5.58 Å². The number of benzene rings is 1. The lowest BCUT2D eigenvalue weighted by atomic mass is 9.91. The van der Waals surface area contributed by atoms with Gasteiger partial charge in [-0.1, -0.05) is 17.4 Å². The minimum absolute atomic E-state index is 0.0364. The molecule has 1 N–H and O–H groups in total. The van der Waals surface area contributed by atoms with E-state index >= 15 is 0 Å². The highest BCUT2D eigenvalue weighted by Gasteiger charge is 2.30. The lowest BCUT2D eigenvalue weighted by Gasteiger charge is -2.24. The molecule has 3 nitrogen and oxygen atoms in total. The van der Waals surface area contributed by atoms with E-state index in [1.54, 1.807) is 0 Å². The molecular formula is C12H13NO2S. The Labute approximate surface area is 97.1 Å². The Morgan fingerprint density at radius 1 is 1.50 bits per heavy atom. The van der Waals surface area contributed by atoms with Gasteiger partial charge in [0.05, 0.1) is 4.70 Å². The summed E-state index contributed by atoms with van der Waals surface area (Å²) in [6.07, 6.45) is 2.33. The van der Waals surface area contributed by atoms with Crippen molar-refractivity contribution < 1.29 is 4.42 Å². The Morgan fingerprint density at radius 3 is 3.12 bits per heavy atom. The molecule has 0 bridgehead atoms. The van der Waals surface area contributed by atoms with Crippen LogP contribution < -0.4 is 10.3 Å². The first-order chi connectivity index (χ1) is 7.67. The Morgan fingerprint density at radius 2 is 2.38 bits per heavy atom. The summed E-state index contributed by atoms with van der Waals surface area (Å²) in [5, 5.41) is 3.50. The molecule has 1 aliphatic heterocycles. The Kier molecular flexibility index (Phi) is 2.16. The van der Waals surface area contributed by atoms with Gasteiger partial charge < -0.3 is 9.73 Å². The van der Waals surface area contributed by atoms with Gasteiger partial charge in [0.15, 0.2) is 0 Å². The van der Waals surface area contributed by atoms with Gasteiger partial charge in [-0.2, -0.15) is 0 Å². The Bertz CT molecular complexity index is 578. The lowest BCUT2D eigenvalue weighted by Crippen LogP contribution is -2.32. The van der Waals surface area contributed by atoms with Crippen LogP contribution in [-0.2, 0) is 5.54 Å². The van der Waals surface area contributed by atoms with Gasteiger partial charge in [0.25, 0.3) is 0 Å². The molecular weight excluding hydrogens is 222 g/mol. The van der Waals surface area contributed by atoms with E-state index in [-0.39, 0.29) is 10.5 Å². The van der Waals surface area contributed by atoms with Crippen LogP contribution >= 0.6 is 11.3 Å². The Balaban J connectivity index is 2.14. The van der Waals surface area contributed by atoms with Gasteiger partial charge in [-0.25, -0.2) is 4.79 Å². The smallest absolute Gasteiger partial charge is 0.396 e. The summed E-state index contributed by atoms with van der Waals surface area (Å²) < 4.78 is 6.07. The van der Waals surface area contributed by atoms with Gasteiger partial charge in [0, 0.05) is 5.54 Å². The van der Waals surface area contributed by atoms with Gasteiger partial charge in [-0.15, -0.1) is 0 Å². The molecule has 16 heavy (non-hydrogen) atoms. The van der Waals surface area contributed by atoms with E-state index in [4.69, 9.17) is 4.42 Å². The van der Waals surface area contributed by atoms with Gasteiger partial charge in [-0.05, 0) is 44.0 Å². The van der Waals surface area contributed by atoms with E-state index < -0.39 is 0 Å². The number of nitrogens with one attached hydrogen (secondary N) is 1. The molecule has 1 fully saturated rings. The molecule has 0 spiro atoms. The molecule has 0 aliphatic carbocycles. The first-order valence-electron chi connectivity index (χ1n) is 5.47. The standard InChI is InChI=1S/C12H13NO2S/c1-12(5-2-6-13-12)8-3-4-10-9(7-8)15-11(14)16-10/h3-4,7,13H,2,5-6H2,1H3. The third-order valence-corrected chi connectivity index (χ3v) is 4.14. The maximum absolute atomic E-state index is 11.1. The van der Waals surface area contributed by atoms with E-state index in [9.17, 15) is 4.79 Å². The quantitative estimate of drug-likeness (QED) is 0.825. The maximum Gasteiger partial charge on any atom is 0.396 e. The number of hydrogen-bond acceptors (Lipinski definition) is 4. The largest absolute Gasteiger partial charge is 0.414 e. The van der Waals surface area contributed by atoms with E-state index in [0.717, 1.165) is 29.0 Å². The van der Waals surface area contributed by atoms with Crippen LogP contribution in [0.15, 0.2) is 27.4 Å². The fraction of sp³-hybridized carbons (Fsp3) is 0.417. The summed E-state index contributed by atoms with van der Waals surface area (Å²) in [5.74, 6) is 0. The second-order valence-electron chi connectivity index (χ2n) is 4.48. The first-order valence-corrected chi connectivity index (χ1v) is 6.28. The summed E-state index contributed by atoms with van der Waals surface area (Å²) in [4.78, 5) is 10.9. The summed E-state index contributed by atoms with van der Waals surface area (Å²) in [5.41, 5.74) is 1.95. The zero-order valence-electron chi connectivity index (χ0n) is 9.08. The molecule has 1 aromatic heterocycles. The second-order valence-corrected chi connectivity index (χ2v) is 5.46. The molecule has 84 valence electrons. The molecule has 2 aromatic rings. The normalized spacial score (nSPS) is 25.3. The monoisotopic (exact) mass is 235 g/mol. The van der Waals surface area contributed by atoms with Crippen molar-refractivity contribution in [1.82, 2.24) is 5.32 Å². The molecule has 1 aliphatic rings. The third kappa shape index (κ3) is 1.49. The van der Waals surface area contributed by atoms with E-state index in [1.165, 1.54) is 12.0 Å². The third-order valence-electron chi connectivity index (χ3n) is 3.34. The summed E-state index contributed by atoms with van der Waals surface area (Å²) in [6, 6.07) is 6.06. The van der Waals surface area contributed by atoms with Crippen LogP contribution in [0.4, 0.5) is 0 Å². The SMILES string of the molecule is CC1(c2ccc3sc(=O)oc3c2)CCCN1. The van der Waals surface area contributed by atoms with Crippen LogP contribution in [0, 0.1) is 0 Å². The molecule has 2 heterocycles. The Hall–Kier alpha value is -1.13. The van der Waals surface area contributed by atoms with Crippen molar-refractivity contribution >= 4 is 21.6 Å². The molecule has 4 heteroatoms. The topological polar surface area (TPSA) is 42.2 Å². The number of rotatable bonds is 1. The summed E-state index contributed by atoms with van der Waals surface area (Å²) in [6.45, 7) is 3.26. The molecule has 3 rings (SSSR count). The van der Waals surface area contributed by atoms with Crippen LogP contribution in [0.25, 0.3) is 10.3 Å². The fourth-order valence-corrected chi connectivity index (χ4v) is 3.01. The van der Waals surface area contributed by atoms with Crippen molar-refractivity contribution in [1.29, 1.82) is 0 Å². The minimum Gasteiger partial charge on any atom is -0.414 e. The fourth-order valence-electron chi connectivity index (χ4n) is 2.36. The predicted molar refractivity (Wildman–Crippen MR) is 64.9 cm³/mol. The van der Waals surface area contributed by atoms with Crippen molar-refractivity contribution in [2.45, 2.75) is 25.3 Å². The molecule has 1 saturated heterocycles. The van der Waals surface area contributed by atoms with Gasteiger partial charge >= 0.3 is 4.94 Å². The van der Waals surface area contributed by atoms with E-state index in [2.05, 4.69) is 18.3 Å².